The monoisotopic (exact) mass is 255 g/mol. The minimum atomic E-state index is -0.531. The molecule has 2 aromatic rings. The molecule has 0 saturated carbocycles. The molecule has 2 rings (SSSR count). The molecular weight excluding hydrogens is 241 g/mol. The third-order valence-electron chi connectivity index (χ3n) is 2.84. The Morgan fingerprint density at radius 1 is 1.35 bits per heavy atom. The van der Waals surface area contributed by atoms with Gasteiger partial charge in [0.2, 0.25) is 0 Å². The standard InChI is InChI=1S/C13H15ClFNO/c1-13(2,3)12(16)9-6-7-4-5-8(14)10(15)11(7)17-9/h4-6,12H,16H2,1-3H3. The topological polar surface area (TPSA) is 39.2 Å². The van der Waals surface area contributed by atoms with E-state index in [1.165, 1.54) is 6.07 Å². The number of halogens is 2. The highest BCUT2D eigenvalue weighted by molar-refractivity contribution is 6.31. The molecule has 17 heavy (non-hydrogen) atoms. The van der Waals surface area contributed by atoms with E-state index in [0.717, 1.165) is 0 Å². The first kappa shape index (κ1) is 12.4. The summed E-state index contributed by atoms with van der Waals surface area (Å²) in [4.78, 5) is 0. The first-order valence-corrected chi connectivity index (χ1v) is 5.81. The Balaban J connectivity index is 2.56. The fourth-order valence-corrected chi connectivity index (χ4v) is 1.79. The third-order valence-corrected chi connectivity index (χ3v) is 3.13. The molecule has 0 aliphatic carbocycles. The van der Waals surface area contributed by atoms with E-state index in [4.69, 9.17) is 21.8 Å². The Labute approximate surface area is 105 Å². The maximum atomic E-state index is 13.7. The average Bonchev–Trinajstić information content (AvgIpc) is 2.65. The van der Waals surface area contributed by atoms with Gasteiger partial charge in [0.25, 0.3) is 0 Å². The highest BCUT2D eigenvalue weighted by Crippen LogP contribution is 2.35. The van der Waals surface area contributed by atoms with Crippen molar-refractivity contribution in [3.05, 3.63) is 34.8 Å². The number of furan rings is 1. The first-order chi connectivity index (χ1) is 7.80. The average molecular weight is 256 g/mol. The Morgan fingerprint density at radius 2 is 2.00 bits per heavy atom. The Bertz CT molecular complexity index is 556. The minimum Gasteiger partial charge on any atom is -0.456 e. The van der Waals surface area contributed by atoms with Crippen molar-refractivity contribution in [2.45, 2.75) is 26.8 Å². The highest BCUT2D eigenvalue weighted by atomic mass is 35.5. The van der Waals surface area contributed by atoms with Crippen LogP contribution in [0.5, 0.6) is 0 Å². The summed E-state index contributed by atoms with van der Waals surface area (Å²) in [7, 11) is 0. The predicted molar refractivity (Wildman–Crippen MR) is 67.6 cm³/mol. The quantitative estimate of drug-likeness (QED) is 0.826. The Morgan fingerprint density at radius 3 is 2.59 bits per heavy atom. The largest absolute Gasteiger partial charge is 0.456 e. The van der Waals surface area contributed by atoms with Crippen LogP contribution in [0.2, 0.25) is 5.02 Å². The van der Waals surface area contributed by atoms with Crippen LogP contribution in [0.1, 0.15) is 32.6 Å². The van der Waals surface area contributed by atoms with Crippen molar-refractivity contribution >= 4 is 22.6 Å². The lowest BCUT2D eigenvalue weighted by atomic mass is 9.86. The summed E-state index contributed by atoms with van der Waals surface area (Å²) in [6.45, 7) is 6.02. The van der Waals surface area contributed by atoms with Crippen molar-refractivity contribution in [3.63, 3.8) is 0 Å². The van der Waals surface area contributed by atoms with E-state index in [-0.39, 0.29) is 22.1 Å². The molecule has 2 N–H and O–H groups in total. The second-order valence-corrected chi connectivity index (χ2v) is 5.68. The molecule has 0 saturated heterocycles. The summed E-state index contributed by atoms with van der Waals surface area (Å²) < 4.78 is 19.2. The molecule has 0 aliphatic heterocycles. The first-order valence-electron chi connectivity index (χ1n) is 5.43. The molecule has 0 bridgehead atoms. The Hall–Kier alpha value is -1.06. The van der Waals surface area contributed by atoms with Gasteiger partial charge in [-0.1, -0.05) is 32.4 Å². The van der Waals surface area contributed by atoms with Crippen LogP contribution in [0.25, 0.3) is 11.0 Å². The fourth-order valence-electron chi connectivity index (χ4n) is 1.64. The zero-order valence-corrected chi connectivity index (χ0v) is 10.8. The van der Waals surface area contributed by atoms with Gasteiger partial charge in [-0.25, -0.2) is 4.39 Å². The van der Waals surface area contributed by atoms with Crippen molar-refractivity contribution in [2.24, 2.45) is 11.1 Å². The number of benzene rings is 1. The van der Waals surface area contributed by atoms with Crippen LogP contribution in [0.4, 0.5) is 4.39 Å². The molecule has 0 radical (unpaired) electrons. The van der Waals surface area contributed by atoms with Crippen molar-refractivity contribution < 1.29 is 8.81 Å². The van der Waals surface area contributed by atoms with Crippen molar-refractivity contribution in [2.75, 3.05) is 0 Å². The molecule has 1 aromatic heterocycles. The molecule has 92 valence electrons. The molecule has 0 fully saturated rings. The van der Waals surface area contributed by atoms with Gasteiger partial charge in [0.05, 0.1) is 11.1 Å². The SMILES string of the molecule is CC(C)(C)C(N)c1cc2ccc(Cl)c(F)c2o1. The highest BCUT2D eigenvalue weighted by Gasteiger charge is 2.26. The molecule has 1 aromatic carbocycles. The van der Waals surface area contributed by atoms with Crippen LogP contribution >= 0.6 is 11.6 Å². The van der Waals surface area contributed by atoms with Gasteiger partial charge < -0.3 is 10.2 Å². The predicted octanol–water partition coefficient (Wildman–Crippen LogP) is 4.27. The van der Waals surface area contributed by atoms with Crippen LogP contribution in [0.3, 0.4) is 0 Å². The van der Waals surface area contributed by atoms with Gasteiger partial charge in [0.15, 0.2) is 11.4 Å². The van der Waals surface area contributed by atoms with Gasteiger partial charge in [-0.2, -0.15) is 0 Å². The third kappa shape index (κ3) is 2.17. The lowest BCUT2D eigenvalue weighted by Crippen LogP contribution is -2.25. The van der Waals surface area contributed by atoms with Crippen LogP contribution in [-0.2, 0) is 0 Å². The zero-order valence-electron chi connectivity index (χ0n) is 10.1. The maximum absolute atomic E-state index is 13.7. The lowest BCUT2D eigenvalue weighted by Gasteiger charge is -2.24. The summed E-state index contributed by atoms with van der Waals surface area (Å²) >= 11 is 5.70. The fraction of sp³-hybridized carbons (Fsp3) is 0.385. The van der Waals surface area contributed by atoms with E-state index in [1.54, 1.807) is 12.1 Å². The molecular formula is C13H15ClFNO. The van der Waals surface area contributed by atoms with E-state index in [1.807, 2.05) is 20.8 Å². The van der Waals surface area contributed by atoms with E-state index in [2.05, 4.69) is 0 Å². The van der Waals surface area contributed by atoms with E-state index in [9.17, 15) is 4.39 Å². The number of fused-ring (bicyclic) bond motifs is 1. The second-order valence-electron chi connectivity index (χ2n) is 5.27. The molecule has 1 unspecified atom stereocenters. The molecule has 0 aliphatic rings. The van der Waals surface area contributed by atoms with Gasteiger partial charge in [0, 0.05) is 5.39 Å². The number of hydrogen-bond donors (Lipinski definition) is 1. The van der Waals surface area contributed by atoms with Gasteiger partial charge in [-0.15, -0.1) is 0 Å². The molecule has 0 spiro atoms. The van der Waals surface area contributed by atoms with Crippen molar-refractivity contribution in [1.82, 2.24) is 0 Å². The van der Waals surface area contributed by atoms with Crippen LogP contribution in [-0.4, -0.2) is 0 Å². The summed E-state index contributed by atoms with van der Waals surface area (Å²) in [6, 6.07) is 4.72. The second kappa shape index (κ2) is 4.00. The maximum Gasteiger partial charge on any atom is 0.184 e. The van der Waals surface area contributed by atoms with Gasteiger partial charge >= 0.3 is 0 Å². The van der Waals surface area contributed by atoms with Gasteiger partial charge in [0.1, 0.15) is 5.76 Å². The minimum absolute atomic E-state index is 0.0581. The van der Waals surface area contributed by atoms with E-state index in [0.29, 0.717) is 11.1 Å². The van der Waals surface area contributed by atoms with Gasteiger partial charge in [-0.05, 0) is 23.6 Å². The molecule has 2 nitrogen and oxygen atoms in total. The normalized spacial score (nSPS) is 14.2. The summed E-state index contributed by atoms with van der Waals surface area (Å²) in [5.74, 6) is 0.0465. The van der Waals surface area contributed by atoms with Crippen molar-refractivity contribution in [3.8, 4) is 0 Å². The van der Waals surface area contributed by atoms with Crippen molar-refractivity contribution in [1.29, 1.82) is 0 Å². The van der Waals surface area contributed by atoms with E-state index >= 15 is 0 Å². The number of nitrogens with two attached hydrogens (primary N) is 1. The summed E-state index contributed by atoms with van der Waals surface area (Å²) in [6.07, 6.45) is 0. The van der Waals surface area contributed by atoms with Crippen LogP contribution in [0, 0.1) is 11.2 Å². The van der Waals surface area contributed by atoms with Crippen LogP contribution < -0.4 is 5.73 Å². The summed E-state index contributed by atoms with van der Waals surface area (Å²) in [5.41, 5.74) is 6.10. The smallest absolute Gasteiger partial charge is 0.184 e. The zero-order chi connectivity index (χ0) is 12.8. The number of rotatable bonds is 1. The number of hydrogen-bond acceptors (Lipinski definition) is 2. The lowest BCUT2D eigenvalue weighted by molar-refractivity contribution is 0.289. The molecule has 1 atom stereocenters. The molecule has 0 amide bonds. The van der Waals surface area contributed by atoms with Gasteiger partial charge in [-0.3, -0.25) is 0 Å². The van der Waals surface area contributed by atoms with E-state index < -0.39 is 5.82 Å². The summed E-state index contributed by atoms with van der Waals surface area (Å²) in [5, 5.41) is 0.740. The molecule has 1 heterocycles. The van der Waals surface area contributed by atoms with Crippen LogP contribution in [0.15, 0.2) is 22.6 Å². The molecule has 4 heteroatoms. The Kier molecular flexibility index (Phi) is 2.92.